The molecule has 1 aromatic rings. The van der Waals surface area contributed by atoms with Gasteiger partial charge in [0.1, 0.15) is 5.82 Å². The summed E-state index contributed by atoms with van der Waals surface area (Å²) in [6.45, 7) is 3.84. The Morgan fingerprint density at radius 3 is 1.92 bits per heavy atom. The number of carboxylic acids is 2. The molecule has 0 aliphatic carbocycles. The molecule has 0 aliphatic heterocycles. The number of rotatable bonds is 14. The summed E-state index contributed by atoms with van der Waals surface area (Å²) in [7, 11) is 2.00. The Balaban J connectivity index is 2.33. The van der Waals surface area contributed by atoms with E-state index in [1.807, 2.05) is 20.9 Å². The lowest BCUT2D eigenvalue weighted by molar-refractivity contribution is -0.143. The van der Waals surface area contributed by atoms with E-state index < -0.39 is 11.9 Å². The van der Waals surface area contributed by atoms with Crippen LogP contribution in [0.15, 0.2) is 6.20 Å². The Labute approximate surface area is 156 Å². The Morgan fingerprint density at radius 1 is 0.962 bits per heavy atom. The third-order valence-corrected chi connectivity index (χ3v) is 5.15. The lowest BCUT2D eigenvalue weighted by Crippen LogP contribution is -2.12. The second-order valence-corrected chi connectivity index (χ2v) is 7.14. The molecule has 1 heterocycles. The van der Waals surface area contributed by atoms with Gasteiger partial charge in [0.2, 0.25) is 0 Å². The van der Waals surface area contributed by atoms with Crippen molar-refractivity contribution in [3.8, 4) is 0 Å². The highest BCUT2D eigenvalue weighted by atomic mass is 16.4. The maximum absolute atomic E-state index is 11.0. The molecule has 0 saturated heterocycles. The number of aliphatic carboxylic acids is 2. The number of nitrogens with zero attached hydrogens (tertiary/aromatic N) is 2. The summed E-state index contributed by atoms with van der Waals surface area (Å²) in [5.74, 6) is -0.808. The van der Waals surface area contributed by atoms with E-state index in [2.05, 4.69) is 15.7 Å². The zero-order valence-electron chi connectivity index (χ0n) is 16.4. The SMILES string of the molecule is CCC(CCCCc1cn(C)c(CCCCC(CC)C(=O)O)n1)C(=O)O. The minimum atomic E-state index is -0.694. The molecule has 6 nitrogen and oxygen atoms in total. The van der Waals surface area contributed by atoms with Crippen LogP contribution in [0.2, 0.25) is 0 Å². The van der Waals surface area contributed by atoms with Gasteiger partial charge in [-0.2, -0.15) is 0 Å². The number of aryl methyl sites for hydroxylation is 3. The van der Waals surface area contributed by atoms with E-state index in [-0.39, 0.29) is 11.8 Å². The maximum atomic E-state index is 11.0. The average Bonchev–Trinajstić information content (AvgIpc) is 2.94. The molecule has 0 bridgehead atoms. The number of hydrogen-bond acceptors (Lipinski definition) is 3. The van der Waals surface area contributed by atoms with Gasteiger partial charge in [-0.1, -0.05) is 26.7 Å². The van der Waals surface area contributed by atoms with E-state index in [1.54, 1.807) is 0 Å². The zero-order valence-corrected chi connectivity index (χ0v) is 16.4. The lowest BCUT2D eigenvalue weighted by Gasteiger charge is -2.08. The first-order valence-electron chi connectivity index (χ1n) is 9.85. The predicted molar refractivity (Wildman–Crippen MR) is 101 cm³/mol. The molecule has 148 valence electrons. The van der Waals surface area contributed by atoms with Crippen LogP contribution in [-0.4, -0.2) is 31.7 Å². The number of aromatic nitrogens is 2. The van der Waals surface area contributed by atoms with Crippen LogP contribution in [0.1, 0.15) is 76.7 Å². The van der Waals surface area contributed by atoms with Crippen molar-refractivity contribution in [2.75, 3.05) is 0 Å². The molecule has 0 saturated carbocycles. The summed E-state index contributed by atoms with van der Waals surface area (Å²) in [5, 5.41) is 18.1. The fourth-order valence-electron chi connectivity index (χ4n) is 3.30. The van der Waals surface area contributed by atoms with Crippen LogP contribution >= 0.6 is 0 Å². The molecule has 0 aliphatic rings. The lowest BCUT2D eigenvalue weighted by atomic mass is 9.98. The largest absolute Gasteiger partial charge is 0.481 e. The van der Waals surface area contributed by atoms with Gasteiger partial charge < -0.3 is 14.8 Å². The number of imidazole rings is 1. The molecular formula is C20H34N2O4. The van der Waals surface area contributed by atoms with Crippen molar-refractivity contribution in [1.82, 2.24) is 9.55 Å². The Bertz CT molecular complexity index is 568. The number of carbonyl (C=O) groups is 2. The zero-order chi connectivity index (χ0) is 19.5. The van der Waals surface area contributed by atoms with Gasteiger partial charge in [0.05, 0.1) is 17.5 Å². The third-order valence-electron chi connectivity index (χ3n) is 5.15. The molecule has 0 amide bonds. The summed E-state index contributed by atoms with van der Waals surface area (Å²) in [5.41, 5.74) is 1.06. The van der Waals surface area contributed by atoms with Gasteiger partial charge in [-0.25, -0.2) is 4.98 Å². The maximum Gasteiger partial charge on any atom is 0.306 e. The first kappa shape index (κ1) is 22.2. The molecule has 2 N–H and O–H groups in total. The molecule has 1 rings (SSSR count). The molecule has 0 radical (unpaired) electrons. The highest BCUT2D eigenvalue weighted by Crippen LogP contribution is 2.16. The highest BCUT2D eigenvalue weighted by molar-refractivity contribution is 5.70. The number of hydrogen-bond donors (Lipinski definition) is 2. The molecule has 0 aromatic carbocycles. The molecule has 6 heteroatoms. The quantitative estimate of drug-likeness (QED) is 0.484. The first-order valence-corrected chi connectivity index (χ1v) is 9.85. The molecule has 26 heavy (non-hydrogen) atoms. The fraction of sp³-hybridized carbons (Fsp3) is 0.750. The van der Waals surface area contributed by atoms with E-state index in [1.165, 1.54) is 0 Å². The third kappa shape index (κ3) is 7.58. The topological polar surface area (TPSA) is 92.4 Å². The van der Waals surface area contributed by atoms with Gasteiger partial charge in [-0.05, 0) is 44.9 Å². The number of carboxylic acid groups (broad SMARTS) is 2. The van der Waals surface area contributed by atoms with Crippen LogP contribution in [0.4, 0.5) is 0 Å². The van der Waals surface area contributed by atoms with E-state index in [9.17, 15) is 9.59 Å². The van der Waals surface area contributed by atoms with Crippen molar-refractivity contribution in [1.29, 1.82) is 0 Å². The second kappa shape index (κ2) is 11.7. The monoisotopic (exact) mass is 366 g/mol. The number of unbranched alkanes of at least 4 members (excludes halogenated alkanes) is 2. The molecule has 1 aromatic heterocycles. The van der Waals surface area contributed by atoms with Gasteiger partial charge in [-0.15, -0.1) is 0 Å². The van der Waals surface area contributed by atoms with Crippen molar-refractivity contribution >= 4 is 11.9 Å². The van der Waals surface area contributed by atoms with Crippen LogP contribution in [0.3, 0.4) is 0 Å². The van der Waals surface area contributed by atoms with E-state index in [0.29, 0.717) is 12.8 Å². The normalized spacial score (nSPS) is 13.5. The van der Waals surface area contributed by atoms with Crippen molar-refractivity contribution in [3.05, 3.63) is 17.7 Å². The van der Waals surface area contributed by atoms with Crippen molar-refractivity contribution in [3.63, 3.8) is 0 Å². The second-order valence-electron chi connectivity index (χ2n) is 7.14. The van der Waals surface area contributed by atoms with E-state index in [0.717, 1.165) is 62.9 Å². The van der Waals surface area contributed by atoms with Crippen molar-refractivity contribution < 1.29 is 19.8 Å². The Morgan fingerprint density at radius 2 is 1.46 bits per heavy atom. The molecule has 0 fully saturated rings. The fourth-order valence-corrected chi connectivity index (χ4v) is 3.30. The molecular weight excluding hydrogens is 332 g/mol. The van der Waals surface area contributed by atoms with Crippen LogP contribution < -0.4 is 0 Å². The average molecular weight is 367 g/mol. The van der Waals surface area contributed by atoms with Gasteiger partial charge in [0, 0.05) is 19.7 Å². The van der Waals surface area contributed by atoms with Gasteiger partial charge in [0.25, 0.3) is 0 Å². The molecule has 0 spiro atoms. The standard InChI is InChI=1S/C20H34N2O4/c1-4-15(19(23)24)10-6-8-12-17-14-22(3)18(21-17)13-9-7-11-16(5-2)20(25)26/h14-16H,4-13H2,1-3H3,(H,23,24)(H,25,26). The smallest absolute Gasteiger partial charge is 0.306 e. The molecule has 2 unspecified atom stereocenters. The summed E-state index contributed by atoms with van der Waals surface area (Å²) >= 11 is 0. The minimum absolute atomic E-state index is 0.230. The van der Waals surface area contributed by atoms with E-state index >= 15 is 0 Å². The summed E-state index contributed by atoms with van der Waals surface area (Å²) in [6.07, 6.45) is 10.3. The van der Waals surface area contributed by atoms with Crippen molar-refractivity contribution in [2.45, 2.75) is 78.1 Å². The van der Waals surface area contributed by atoms with Crippen LogP contribution in [0.25, 0.3) is 0 Å². The van der Waals surface area contributed by atoms with Crippen LogP contribution in [0.5, 0.6) is 0 Å². The summed E-state index contributed by atoms with van der Waals surface area (Å²) < 4.78 is 2.05. The highest BCUT2D eigenvalue weighted by Gasteiger charge is 2.15. The molecule has 2 atom stereocenters. The predicted octanol–water partition coefficient (Wildman–Crippen LogP) is 4.07. The van der Waals surface area contributed by atoms with Crippen LogP contribution in [0, 0.1) is 11.8 Å². The summed E-state index contributed by atoms with van der Waals surface area (Å²) in [6, 6.07) is 0. The Kier molecular flexibility index (Phi) is 9.99. The summed E-state index contributed by atoms with van der Waals surface area (Å²) in [4.78, 5) is 26.7. The van der Waals surface area contributed by atoms with E-state index in [4.69, 9.17) is 10.2 Å². The van der Waals surface area contributed by atoms with Gasteiger partial charge >= 0.3 is 11.9 Å². The van der Waals surface area contributed by atoms with Gasteiger partial charge in [-0.3, -0.25) is 9.59 Å². The minimum Gasteiger partial charge on any atom is -0.481 e. The Hall–Kier alpha value is -1.85. The van der Waals surface area contributed by atoms with Crippen molar-refractivity contribution in [2.24, 2.45) is 18.9 Å². The van der Waals surface area contributed by atoms with Crippen LogP contribution in [-0.2, 0) is 29.5 Å². The van der Waals surface area contributed by atoms with Gasteiger partial charge in [0.15, 0.2) is 0 Å². The first-order chi connectivity index (χ1) is 12.4.